The van der Waals surface area contributed by atoms with Crippen LogP contribution in [-0.2, 0) is 11.6 Å². The van der Waals surface area contributed by atoms with Crippen molar-refractivity contribution in [2.75, 3.05) is 5.32 Å². The number of hydrogen-bond donors (Lipinski definition) is 1. The SMILES string of the molecule is CC(C)(C)Nc1ccc(C(C)(C)C)cc1C(F)(F)F. The molecule has 0 aliphatic heterocycles. The highest BCUT2D eigenvalue weighted by atomic mass is 19.4. The quantitative estimate of drug-likeness (QED) is 0.740. The van der Waals surface area contributed by atoms with E-state index in [0.717, 1.165) is 0 Å². The molecular weight excluding hydrogens is 251 g/mol. The second-order valence-electron chi connectivity index (χ2n) is 6.88. The summed E-state index contributed by atoms with van der Waals surface area (Å²) in [6.07, 6.45) is -4.35. The van der Waals surface area contributed by atoms with Crippen LogP contribution in [0.1, 0.15) is 52.7 Å². The fourth-order valence-electron chi connectivity index (χ4n) is 1.76. The van der Waals surface area contributed by atoms with Crippen LogP contribution in [0.15, 0.2) is 18.2 Å². The molecule has 1 N–H and O–H groups in total. The minimum Gasteiger partial charge on any atom is -0.380 e. The van der Waals surface area contributed by atoms with Gasteiger partial charge >= 0.3 is 6.18 Å². The zero-order chi connectivity index (χ0) is 15.1. The first kappa shape index (κ1) is 15.9. The van der Waals surface area contributed by atoms with E-state index < -0.39 is 17.3 Å². The molecule has 0 saturated heterocycles. The van der Waals surface area contributed by atoms with Gasteiger partial charge in [0.05, 0.1) is 5.56 Å². The Hall–Kier alpha value is -1.19. The molecule has 0 aromatic heterocycles. The number of benzene rings is 1. The highest BCUT2D eigenvalue weighted by Crippen LogP contribution is 2.38. The van der Waals surface area contributed by atoms with Crippen molar-refractivity contribution >= 4 is 5.69 Å². The van der Waals surface area contributed by atoms with Crippen molar-refractivity contribution in [2.24, 2.45) is 0 Å². The summed E-state index contributed by atoms with van der Waals surface area (Å²) >= 11 is 0. The van der Waals surface area contributed by atoms with Gasteiger partial charge < -0.3 is 5.32 Å². The maximum atomic E-state index is 13.2. The fourth-order valence-corrected chi connectivity index (χ4v) is 1.76. The van der Waals surface area contributed by atoms with Crippen LogP contribution in [0.25, 0.3) is 0 Å². The number of nitrogens with one attached hydrogen (secondary N) is 1. The van der Waals surface area contributed by atoms with Crippen molar-refractivity contribution in [3.05, 3.63) is 29.3 Å². The topological polar surface area (TPSA) is 12.0 Å². The van der Waals surface area contributed by atoms with Crippen LogP contribution in [0.2, 0.25) is 0 Å². The average molecular weight is 273 g/mol. The smallest absolute Gasteiger partial charge is 0.380 e. The lowest BCUT2D eigenvalue weighted by molar-refractivity contribution is -0.137. The number of rotatable bonds is 1. The summed E-state index contributed by atoms with van der Waals surface area (Å²) in [4.78, 5) is 0. The highest BCUT2D eigenvalue weighted by Gasteiger charge is 2.35. The third-order valence-corrected chi connectivity index (χ3v) is 2.70. The van der Waals surface area contributed by atoms with Gasteiger partial charge in [0.15, 0.2) is 0 Å². The summed E-state index contributed by atoms with van der Waals surface area (Å²) in [6, 6.07) is 4.52. The molecule has 19 heavy (non-hydrogen) atoms. The van der Waals surface area contributed by atoms with E-state index in [2.05, 4.69) is 5.32 Å². The molecule has 0 atom stereocenters. The summed E-state index contributed by atoms with van der Waals surface area (Å²) in [5, 5.41) is 2.91. The van der Waals surface area contributed by atoms with Gasteiger partial charge in [-0.25, -0.2) is 0 Å². The van der Waals surface area contributed by atoms with Gasteiger partial charge in [-0.15, -0.1) is 0 Å². The minimum atomic E-state index is -4.35. The molecular formula is C15H22F3N. The van der Waals surface area contributed by atoms with Crippen molar-refractivity contribution in [2.45, 2.75) is 58.7 Å². The lowest BCUT2D eigenvalue weighted by Gasteiger charge is -2.27. The Morgan fingerprint density at radius 1 is 0.895 bits per heavy atom. The van der Waals surface area contributed by atoms with Crippen LogP contribution >= 0.6 is 0 Å². The number of anilines is 1. The molecule has 0 aliphatic carbocycles. The Kier molecular flexibility index (Phi) is 3.95. The number of halogens is 3. The average Bonchev–Trinajstić information content (AvgIpc) is 2.11. The molecule has 0 radical (unpaired) electrons. The van der Waals surface area contributed by atoms with Gasteiger partial charge in [0, 0.05) is 11.2 Å². The van der Waals surface area contributed by atoms with Gasteiger partial charge in [-0.05, 0) is 43.9 Å². The molecule has 4 heteroatoms. The molecule has 1 aromatic carbocycles. The van der Waals surface area contributed by atoms with Crippen LogP contribution in [0.3, 0.4) is 0 Å². The Bertz CT molecular complexity index is 448. The van der Waals surface area contributed by atoms with Gasteiger partial charge in [0.2, 0.25) is 0 Å². The summed E-state index contributed by atoms with van der Waals surface area (Å²) < 4.78 is 39.5. The first-order valence-corrected chi connectivity index (χ1v) is 6.30. The van der Waals surface area contributed by atoms with E-state index in [9.17, 15) is 13.2 Å². The van der Waals surface area contributed by atoms with E-state index in [0.29, 0.717) is 5.56 Å². The van der Waals surface area contributed by atoms with Gasteiger partial charge in [0.25, 0.3) is 0 Å². The largest absolute Gasteiger partial charge is 0.418 e. The maximum absolute atomic E-state index is 13.2. The van der Waals surface area contributed by atoms with Crippen LogP contribution in [0, 0.1) is 0 Å². The lowest BCUT2D eigenvalue weighted by Crippen LogP contribution is -2.28. The number of alkyl halides is 3. The molecule has 0 saturated carbocycles. The predicted octanol–water partition coefficient (Wildman–Crippen LogP) is 5.21. The van der Waals surface area contributed by atoms with Gasteiger partial charge in [-0.2, -0.15) is 13.2 Å². The number of hydrogen-bond acceptors (Lipinski definition) is 1. The van der Waals surface area contributed by atoms with Crippen molar-refractivity contribution < 1.29 is 13.2 Å². The summed E-state index contributed by atoms with van der Waals surface area (Å²) in [5.74, 6) is 0. The molecule has 0 bridgehead atoms. The standard InChI is InChI=1S/C15H22F3N/c1-13(2,3)10-7-8-12(19-14(4,5)6)11(9-10)15(16,17)18/h7-9,19H,1-6H3. The summed E-state index contributed by atoms with van der Waals surface area (Å²) in [7, 11) is 0. The van der Waals surface area contributed by atoms with Gasteiger partial charge in [-0.3, -0.25) is 0 Å². The lowest BCUT2D eigenvalue weighted by atomic mass is 9.85. The second-order valence-corrected chi connectivity index (χ2v) is 6.88. The molecule has 108 valence electrons. The molecule has 1 nitrogen and oxygen atoms in total. The Morgan fingerprint density at radius 2 is 1.42 bits per heavy atom. The van der Waals surface area contributed by atoms with Crippen molar-refractivity contribution in [1.29, 1.82) is 0 Å². The first-order valence-electron chi connectivity index (χ1n) is 6.30. The Balaban J connectivity index is 3.34. The monoisotopic (exact) mass is 273 g/mol. The molecule has 0 amide bonds. The summed E-state index contributed by atoms with van der Waals surface area (Å²) in [5.41, 5.74) is -0.508. The highest BCUT2D eigenvalue weighted by molar-refractivity contribution is 5.56. The van der Waals surface area contributed by atoms with E-state index >= 15 is 0 Å². The van der Waals surface area contributed by atoms with Crippen LogP contribution in [0.5, 0.6) is 0 Å². The molecule has 0 aliphatic rings. The molecule has 1 aromatic rings. The normalized spacial score (nSPS) is 13.5. The first-order chi connectivity index (χ1) is 8.31. The molecule has 0 heterocycles. The van der Waals surface area contributed by atoms with E-state index in [1.54, 1.807) is 6.07 Å². The van der Waals surface area contributed by atoms with Crippen LogP contribution in [-0.4, -0.2) is 5.54 Å². The third-order valence-electron chi connectivity index (χ3n) is 2.70. The minimum absolute atomic E-state index is 0.132. The second kappa shape index (κ2) is 4.73. The van der Waals surface area contributed by atoms with Crippen molar-refractivity contribution in [3.8, 4) is 0 Å². The van der Waals surface area contributed by atoms with E-state index in [1.807, 2.05) is 41.5 Å². The molecule has 1 rings (SSSR count). The Labute approximate surface area is 113 Å². The maximum Gasteiger partial charge on any atom is 0.418 e. The van der Waals surface area contributed by atoms with Gasteiger partial charge in [-0.1, -0.05) is 26.8 Å². The van der Waals surface area contributed by atoms with E-state index in [-0.39, 0.29) is 11.1 Å². The third kappa shape index (κ3) is 4.44. The van der Waals surface area contributed by atoms with E-state index in [1.165, 1.54) is 12.1 Å². The van der Waals surface area contributed by atoms with Crippen LogP contribution in [0.4, 0.5) is 18.9 Å². The van der Waals surface area contributed by atoms with Gasteiger partial charge in [0.1, 0.15) is 0 Å². The van der Waals surface area contributed by atoms with Crippen molar-refractivity contribution in [1.82, 2.24) is 0 Å². The fraction of sp³-hybridized carbons (Fsp3) is 0.600. The van der Waals surface area contributed by atoms with Crippen molar-refractivity contribution in [3.63, 3.8) is 0 Å². The Morgan fingerprint density at radius 3 is 1.79 bits per heavy atom. The van der Waals surface area contributed by atoms with E-state index in [4.69, 9.17) is 0 Å². The van der Waals surface area contributed by atoms with Crippen LogP contribution < -0.4 is 5.32 Å². The molecule has 0 unspecified atom stereocenters. The predicted molar refractivity (Wildman–Crippen MR) is 73.5 cm³/mol. The molecule has 0 spiro atoms. The summed E-state index contributed by atoms with van der Waals surface area (Å²) in [6.45, 7) is 11.2. The zero-order valence-electron chi connectivity index (χ0n) is 12.4. The molecule has 0 fully saturated rings. The zero-order valence-corrected chi connectivity index (χ0v) is 12.4.